The number of amides is 1. The summed E-state index contributed by atoms with van der Waals surface area (Å²) in [5.41, 5.74) is 5.30. The number of amidine groups is 1. The molecule has 4 N–H and O–H groups in total. The number of nitrogens with one attached hydrogen (secondary N) is 1. The number of oxime groups is 1. The van der Waals surface area contributed by atoms with Crippen LogP contribution >= 0.6 is 0 Å². The zero-order valence-electron chi connectivity index (χ0n) is 10.6. The highest BCUT2D eigenvalue weighted by Crippen LogP contribution is 2.28. The van der Waals surface area contributed by atoms with Crippen LogP contribution in [0.3, 0.4) is 0 Å². The van der Waals surface area contributed by atoms with Crippen molar-refractivity contribution in [3.63, 3.8) is 0 Å². The van der Waals surface area contributed by atoms with Gasteiger partial charge in [0, 0.05) is 19.0 Å². The number of nitrogens with two attached hydrogens (primary N) is 1. The molecular formula is C9H18N4O5S. The molecule has 0 saturated heterocycles. The second-order valence-corrected chi connectivity index (χ2v) is 5.63. The summed E-state index contributed by atoms with van der Waals surface area (Å²) in [5, 5.41) is 11.2. The first-order valence-electron chi connectivity index (χ1n) is 5.83. The third-order valence-electron chi connectivity index (χ3n) is 2.47. The van der Waals surface area contributed by atoms with Crippen molar-refractivity contribution in [3.05, 3.63) is 0 Å². The van der Waals surface area contributed by atoms with Crippen LogP contribution in [-0.4, -0.2) is 49.1 Å². The molecule has 1 amide bonds. The Morgan fingerprint density at radius 3 is 2.68 bits per heavy atom. The number of carbonyl (C=O) groups excluding carboxylic acids is 1. The summed E-state index contributed by atoms with van der Waals surface area (Å²) in [7, 11) is -3.97. The van der Waals surface area contributed by atoms with Crippen molar-refractivity contribution in [1.29, 1.82) is 0 Å². The van der Waals surface area contributed by atoms with Crippen LogP contribution in [0, 0.1) is 0 Å². The average Bonchev–Trinajstić information content (AvgIpc) is 3.12. The minimum atomic E-state index is -3.97. The highest BCUT2D eigenvalue weighted by Gasteiger charge is 2.38. The quantitative estimate of drug-likeness (QED) is 0.252. The Hall–Kier alpha value is -1.55. The fourth-order valence-electron chi connectivity index (χ4n) is 1.46. The van der Waals surface area contributed by atoms with Crippen LogP contribution in [0.1, 0.15) is 26.2 Å². The van der Waals surface area contributed by atoms with Gasteiger partial charge in [0.15, 0.2) is 0 Å². The first-order valence-corrected chi connectivity index (χ1v) is 7.27. The fraction of sp³-hybridized carbons (Fsp3) is 0.778. The molecule has 10 heteroatoms. The lowest BCUT2D eigenvalue weighted by molar-refractivity contribution is 0.158. The van der Waals surface area contributed by atoms with E-state index in [1.165, 1.54) is 0 Å². The highest BCUT2D eigenvalue weighted by molar-refractivity contribution is 7.87. The van der Waals surface area contributed by atoms with E-state index in [4.69, 9.17) is 10.9 Å². The maximum absolute atomic E-state index is 12.0. The van der Waals surface area contributed by atoms with E-state index in [2.05, 4.69) is 9.89 Å². The summed E-state index contributed by atoms with van der Waals surface area (Å²) in [5.74, 6) is -0.0722. The van der Waals surface area contributed by atoms with Gasteiger partial charge in [-0.1, -0.05) is 5.16 Å². The third-order valence-corrected chi connectivity index (χ3v) is 3.99. The molecule has 19 heavy (non-hydrogen) atoms. The molecular weight excluding hydrogens is 276 g/mol. The first kappa shape index (κ1) is 15.5. The second-order valence-electron chi connectivity index (χ2n) is 4.01. The first-order chi connectivity index (χ1) is 8.90. The van der Waals surface area contributed by atoms with E-state index in [-0.39, 0.29) is 31.4 Å². The third kappa shape index (κ3) is 4.91. The molecule has 1 aliphatic carbocycles. The topological polar surface area (TPSA) is 134 Å². The molecule has 1 rings (SSSR count). The van der Waals surface area contributed by atoms with Crippen LogP contribution in [0.5, 0.6) is 0 Å². The number of hydrogen-bond donors (Lipinski definition) is 3. The van der Waals surface area contributed by atoms with Crippen LogP contribution in [-0.2, 0) is 14.9 Å². The van der Waals surface area contributed by atoms with Gasteiger partial charge in [0.05, 0.1) is 6.61 Å². The van der Waals surface area contributed by atoms with Gasteiger partial charge in [0.25, 0.3) is 0 Å². The van der Waals surface area contributed by atoms with Gasteiger partial charge in [-0.05, 0) is 19.8 Å². The molecule has 0 aliphatic heterocycles. The van der Waals surface area contributed by atoms with Crippen LogP contribution in [0.4, 0.5) is 4.79 Å². The van der Waals surface area contributed by atoms with Crippen LogP contribution in [0.25, 0.3) is 0 Å². The Morgan fingerprint density at radius 2 is 2.21 bits per heavy atom. The predicted octanol–water partition coefficient (Wildman–Crippen LogP) is -0.422. The number of carbonyl (C=O) groups is 1. The number of hydrogen-bond acceptors (Lipinski definition) is 6. The second kappa shape index (κ2) is 6.57. The van der Waals surface area contributed by atoms with Gasteiger partial charge >= 0.3 is 16.3 Å². The van der Waals surface area contributed by atoms with Crippen LogP contribution in [0.2, 0.25) is 0 Å². The van der Waals surface area contributed by atoms with Crippen molar-refractivity contribution in [1.82, 2.24) is 9.03 Å². The van der Waals surface area contributed by atoms with Gasteiger partial charge in [-0.2, -0.15) is 12.7 Å². The average molecular weight is 294 g/mol. The molecule has 0 atom stereocenters. The summed E-state index contributed by atoms with van der Waals surface area (Å²) in [6, 6.07) is -0.154. The normalized spacial score (nSPS) is 16.4. The smallest absolute Gasteiger partial charge is 0.421 e. The van der Waals surface area contributed by atoms with E-state index >= 15 is 0 Å². The fourth-order valence-corrected chi connectivity index (χ4v) is 2.78. The largest absolute Gasteiger partial charge is 0.449 e. The molecule has 110 valence electrons. The molecule has 0 unspecified atom stereocenters. The maximum Gasteiger partial charge on any atom is 0.421 e. The molecule has 0 bridgehead atoms. The van der Waals surface area contributed by atoms with Gasteiger partial charge in [-0.25, -0.2) is 9.52 Å². The van der Waals surface area contributed by atoms with Gasteiger partial charge in [0.1, 0.15) is 5.84 Å². The zero-order valence-corrected chi connectivity index (χ0v) is 11.4. The van der Waals surface area contributed by atoms with Gasteiger partial charge in [-0.3, -0.25) is 0 Å². The minimum Gasteiger partial charge on any atom is -0.449 e. The van der Waals surface area contributed by atoms with E-state index in [9.17, 15) is 13.2 Å². The van der Waals surface area contributed by atoms with E-state index in [1.807, 2.05) is 4.72 Å². The number of ether oxygens (including phenoxy) is 1. The summed E-state index contributed by atoms with van der Waals surface area (Å²) >= 11 is 0. The number of rotatable bonds is 7. The van der Waals surface area contributed by atoms with Gasteiger partial charge < -0.3 is 15.7 Å². The highest BCUT2D eigenvalue weighted by atomic mass is 32.2. The Labute approximate surface area is 111 Å². The molecule has 1 saturated carbocycles. The molecule has 1 fully saturated rings. The molecule has 0 radical (unpaired) electrons. The molecule has 0 spiro atoms. The molecule has 0 heterocycles. The summed E-state index contributed by atoms with van der Waals surface area (Å²) < 4.78 is 31.4. The molecule has 1 aliphatic rings. The van der Waals surface area contributed by atoms with Gasteiger partial charge in [0.2, 0.25) is 0 Å². The van der Waals surface area contributed by atoms with Crippen molar-refractivity contribution in [2.75, 3.05) is 13.2 Å². The van der Waals surface area contributed by atoms with E-state index < -0.39 is 16.3 Å². The van der Waals surface area contributed by atoms with Crippen molar-refractivity contribution in [3.8, 4) is 0 Å². The standard InChI is InChI=1S/C9H18N4O5S/c1-2-18-9(14)12-19(16,17)13(7-3-4-7)6-5-8(10)11-15/h7,15H,2-6H2,1H3,(H2,10,11)(H,12,14). The summed E-state index contributed by atoms with van der Waals surface area (Å²) in [6.45, 7) is 1.69. The van der Waals surface area contributed by atoms with Crippen molar-refractivity contribution in [2.24, 2.45) is 10.9 Å². The molecule has 9 nitrogen and oxygen atoms in total. The Kier molecular flexibility index (Phi) is 5.36. The van der Waals surface area contributed by atoms with Gasteiger partial charge in [-0.15, -0.1) is 0 Å². The van der Waals surface area contributed by atoms with Crippen LogP contribution in [0.15, 0.2) is 5.16 Å². The maximum atomic E-state index is 12.0. The van der Waals surface area contributed by atoms with Crippen molar-refractivity contribution >= 4 is 22.1 Å². The van der Waals surface area contributed by atoms with E-state index in [1.54, 1.807) is 6.92 Å². The monoisotopic (exact) mass is 294 g/mol. The predicted molar refractivity (Wildman–Crippen MR) is 66.8 cm³/mol. The van der Waals surface area contributed by atoms with Crippen molar-refractivity contribution in [2.45, 2.75) is 32.2 Å². The SMILES string of the molecule is CCOC(=O)NS(=O)(=O)N(CCC(N)=NO)C1CC1. The summed E-state index contributed by atoms with van der Waals surface area (Å²) in [6.07, 6.45) is 0.508. The molecule has 0 aromatic rings. The Morgan fingerprint density at radius 1 is 1.58 bits per heavy atom. The van der Waals surface area contributed by atoms with Crippen LogP contribution < -0.4 is 10.5 Å². The van der Waals surface area contributed by atoms with E-state index in [0.717, 1.165) is 17.1 Å². The van der Waals surface area contributed by atoms with E-state index in [0.29, 0.717) is 0 Å². The minimum absolute atomic E-state index is 0.0370. The number of nitrogens with zero attached hydrogens (tertiary/aromatic N) is 2. The zero-order chi connectivity index (χ0) is 14.5. The Bertz CT molecular complexity index is 446. The Balaban J connectivity index is 2.66. The lowest BCUT2D eigenvalue weighted by Gasteiger charge is -2.21. The lowest BCUT2D eigenvalue weighted by atomic mass is 10.4. The summed E-state index contributed by atoms with van der Waals surface area (Å²) in [4.78, 5) is 11.2. The molecule has 0 aromatic carbocycles. The lowest BCUT2D eigenvalue weighted by Crippen LogP contribution is -2.45. The molecule has 0 aromatic heterocycles. The van der Waals surface area contributed by atoms with Crippen molar-refractivity contribution < 1.29 is 23.2 Å².